The van der Waals surface area contributed by atoms with Crippen molar-refractivity contribution >= 4 is 43.6 Å². The van der Waals surface area contributed by atoms with Gasteiger partial charge in [-0.1, -0.05) is 93.6 Å². The van der Waals surface area contributed by atoms with Crippen molar-refractivity contribution in [1.82, 2.24) is 9.13 Å². The molecule has 0 spiro atoms. The second-order valence-corrected chi connectivity index (χ2v) is 12.9. The molecule has 46 heavy (non-hydrogen) atoms. The lowest BCUT2D eigenvalue weighted by Gasteiger charge is -2.25. The molecule has 0 aliphatic heterocycles. The minimum absolute atomic E-state index is 0.251. The van der Waals surface area contributed by atoms with Crippen LogP contribution < -0.4 is 0 Å². The molecule has 0 bridgehead atoms. The highest BCUT2D eigenvalue weighted by atomic mass is 15.0. The molecule has 6 aromatic carbocycles. The fourth-order valence-corrected chi connectivity index (χ4v) is 6.98. The van der Waals surface area contributed by atoms with Gasteiger partial charge < -0.3 is 9.13 Å². The topological polar surface area (TPSA) is 57.4 Å². The molecule has 0 amide bonds. The van der Waals surface area contributed by atoms with Gasteiger partial charge in [0.15, 0.2) is 0 Å². The molecule has 0 atom stereocenters. The summed E-state index contributed by atoms with van der Waals surface area (Å²) in [5.74, 6) is 0. The van der Waals surface area contributed by atoms with Crippen molar-refractivity contribution in [1.29, 1.82) is 10.5 Å². The maximum absolute atomic E-state index is 9.96. The number of nitriles is 2. The number of para-hydroxylation sites is 3. The van der Waals surface area contributed by atoms with Crippen molar-refractivity contribution in [3.05, 3.63) is 144 Å². The van der Waals surface area contributed by atoms with Gasteiger partial charge in [0.05, 0.1) is 38.9 Å². The van der Waals surface area contributed by atoms with E-state index in [1.54, 1.807) is 0 Å². The smallest absolute Gasteiger partial charge is 0.101 e. The molecule has 0 unspecified atom stereocenters. The van der Waals surface area contributed by atoms with E-state index in [2.05, 4.69) is 157 Å². The zero-order valence-corrected chi connectivity index (χ0v) is 25.9. The molecule has 0 aliphatic rings. The van der Waals surface area contributed by atoms with Crippen LogP contribution in [0.2, 0.25) is 0 Å². The normalized spacial score (nSPS) is 11.8. The second kappa shape index (κ2) is 10.2. The maximum Gasteiger partial charge on any atom is 0.101 e. The third-order valence-corrected chi connectivity index (χ3v) is 9.12. The largest absolute Gasteiger partial charge is 0.309 e. The van der Waals surface area contributed by atoms with E-state index in [-0.39, 0.29) is 5.41 Å². The van der Waals surface area contributed by atoms with Crippen LogP contribution in [0.4, 0.5) is 0 Å². The van der Waals surface area contributed by atoms with Crippen molar-refractivity contribution in [2.45, 2.75) is 26.2 Å². The highest BCUT2D eigenvalue weighted by molar-refractivity contribution is 6.12. The standard InChI is InChI=1S/C42H30N4/c1-42(2,3)36-22-29(25-43)30(26-44)24-41(36)46-38-16-10-8-14-33(38)35-21-27(18-20-39(35)46)28-17-19-34-32-13-7-9-15-37(32)45(40(34)23-28)31-11-5-4-6-12-31/h4-24H,1-3H3. The molecule has 0 N–H and O–H groups in total. The second-order valence-electron chi connectivity index (χ2n) is 12.9. The molecule has 0 aliphatic carbocycles. The van der Waals surface area contributed by atoms with Crippen LogP contribution in [0, 0.1) is 22.7 Å². The van der Waals surface area contributed by atoms with E-state index in [1.807, 2.05) is 12.1 Å². The summed E-state index contributed by atoms with van der Waals surface area (Å²) < 4.78 is 4.61. The first-order chi connectivity index (χ1) is 22.4. The van der Waals surface area contributed by atoms with Crippen LogP contribution in [-0.4, -0.2) is 9.13 Å². The summed E-state index contributed by atoms with van der Waals surface area (Å²) in [4.78, 5) is 0. The molecule has 4 heteroatoms. The Balaban J connectivity index is 1.38. The quantitative estimate of drug-likeness (QED) is 0.205. The van der Waals surface area contributed by atoms with E-state index in [1.165, 1.54) is 21.8 Å². The Morgan fingerprint density at radius 2 is 1.02 bits per heavy atom. The third kappa shape index (κ3) is 4.12. The molecule has 218 valence electrons. The van der Waals surface area contributed by atoms with Crippen molar-refractivity contribution in [2.75, 3.05) is 0 Å². The van der Waals surface area contributed by atoms with Gasteiger partial charge in [-0.05, 0) is 76.7 Å². The van der Waals surface area contributed by atoms with E-state index in [4.69, 9.17) is 0 Å². The summed E-state index contributed by atoms with van der Waals surface area (Å²) in [5, 5.41) is 24.5. The SMILES string of the molecule is CC(C)(C)c1cc(C#N)c(C#N)cc1-n1c2ccccc2c2cc(-c3ccc4c5ccccc5n(-c5ccccc5)c4c3)ccc21. The number of hydrogen-bond acceptors (Lipinski definition) is 2. The van der Waals surface area contributed by atoms with Gasteiger partial charge in [0.2, 0.25) is 0 Å². The molecule has 0 radical (unpaired) electrons. The van der Waals surface area contributed by atoms with Gasteiger partial charge in [-0.3, -0.25) is 0 Å². The van der Waals surface area contributed by atoms with Gasteiger partial charge in [-0.2, -0.15) is 10.5 Å². The number of rotatable bonds is 3. The van der Waals surface area contributed by atoms with E-state index in [0.29, 0.717) is 11.1 Å². The first-order valence-corrected chi connectivity index (χ1v) is 15.5. The summed E-state index contributed by atoms with van der Waals surface area (Å²) in [7, 11) is 0. The van der Waals surface area contributed by atoms with Crippen molar-refractivity contribution in [3.63, 3.8) is 0 Å². The van der Waals surface area contributed by atoms with Crippen molar-refractivity contribution < 1.29 is 0 Å². The van der Waals surface area contributed by atoms with Gasteiger partial charge in [-0.15, -0.1) is 0 Å². The zero-order chi connectivity index (χ0) is 31.6. The number of benzene rings is 6. The molecular formula is C42H30N4. The van der Waals surface area contributed by atoms with Crippen LogP contribution in [0.3, 0.4) is 0 Å². The Kier molecular flexibility index (Phi) is 6.11. The van der Waals surface area contributed by atoms with E-state index >= 15 is 0 Å². The van der Waals surface area contributed by atoms with Gasteiger partial charge in [-0.25, -0.2) is 0 Å². The molecule has 4 nitrogen and oxygen atoms in total. The summed E-state index contributed by atoms with van der Waals surface area (Å²) in [6.45, 7) is 6.45. The maximum atomic E-state index is 9.96. The molecule has 8 aromatic rings. The summed E-state index contributed by atoms with van der Waals surface area (Å²) in [5.41, 5.74) is 10.4. The Morgan fingerprint density at radius 3 is 1.72 bits per heavy atom. The lowest BCUT2D eigenvalue weighted by atomic mass is 9.83. The van der Waals surface area contributed by atoms with Crippen molar-refractivity contribution in [2.24, 2.45) is 0 Å². The van der Waals surface area contributed by atoms with E-state index in [0.717, 1.165) is 49.9 Å². The van der Waals surface area contributed by atoms with Crippen LogP contribution in [-0.2, 0) is 5.41 Å². The Morgan fingerprint density at radius 1 is 0.478 bits per heavy atom. The molecule has 2 heterocycles. The Labute approximate surface area is 267 Å². The first kappa shape index (κ1) is 27.4. The van der Waals surface area contributed by atoms with Crippen LogP contribution in [0.25, 0.3) is 66.1 Å². The molecule has 0 saturated heterocycles. The number of hydrogen-bond donors (Lipinski definition) is 0. The van der Waals surface area contributed by atoms with E-state index < -0.39 is 0 Å². The average Bonchev–Trinajstić information content (AvgIpc) is 3.59. The Hall–Kier alpha value is -6.10. The molecule has 0 fully saturated rings. The van der Waals surface area contributed by atoms with Gasteiger partial charge >= 0.3 is 0 Å². The van der Waals surface area contributed by atoms with Crippen LogP contribution in [0.5, 0.6) is 0 Å². The molecular weight excluding hydrogens is 560 g/mol. The lowest BCUT2D eigenvalue weighted by molar-refractivity contribution is 0.587. The van der Waals surface area contributed by atoms with Crippen molar-refractivity contribution in [3.8, 4) is 34.6 Å². The monoisotopic (exact) mass is 590 g/mol. The number of aromatic nitrogens is 2. The molecule has 2 aromatic heterocycles. The van der Waals surface area contributed by atoms with Gasteiger partial charge in [0.25, 0.3) is 0 Å². The number of nitrogens with zero attached hydrogens (tertiary/aromatic N) is 4. The summed E-state index contributed by atoms with van der Waals surface area (Å²) >= 11 is 0. The minimum Gasteiger partial charge on any atom is -0.309 e. The molecule has 8 rings (SSSR count). The third-order valence-electron chi connectivity index (χ3n) is 9.12. The Bertz CT molecular complexity index is 2580. The highest BCUT2D eigenvalue weighted by Gasteiger charge is 2.24. The average molecular weight is 591 g/mol. The predicted octanol–water partition coefficient (Wildman–Crippen LogP) is 10.6. The van der Waals surface area contributed by atoms with E-state index in [9.17, 15) is 10.5 Å². The summed E-state index contributed by atoms with van der Waals surface area (Å²) in [6, 6.07) is 49.3. The van der Waals surface area contributed by atoms with Gasteiger partial charge in [0.1, 0.15) is 12.1 Å². The minimum atomic E-state index is -0.251. The fourth-order valence-electron chi connectivity index (χ4n) is 6.98. The zero-order valence-electron chi connectivity index (χ0n) is 25.9. The van der Waals surface area contributed by atoms with Crippen LogP contribution in [0.1, 0.15) is 37.5 Å². The first-order valence-electron chi connectivity index (χ1n) is 15.5. The highest BCUT2D eigenvalue weighted by Crippen LogP contribution is 2.40. The number of fused-ring (bicyclic) bond motifs is 6. The fraction of sp³-hybridized carbons (Fsp3) is 0.0952. The molecule has 0 saturated carbocycles. The van der Waals surface area contributed by atoms with Crippen LogP contribution in [0.15, 0.2) is 127 Å². The van der Waals surface area contributed by atoms with Crippen LogP contribution >= 0.6 is 0 Å². The summed E-state index contributed by atoms with van der Waals surface area (Å²) in [6.07, 6.45) is 0. The van der Waals surface area contributed by atoms with Gasteiger partial charge in [0, 0.05) is 27.2 Å². The predicted molar refractivity (Wildman–Crippen MR) is 189 cm³/mol. The lowest BCUT2D eigenvalue weighted by Crippen LogP contribution is -2.16.